The van der Waals surface area contributed by atoms with E-state index in [9.17, 15) is 0 Å². The first-order valence-electron chi connectivity index (χ1n) is 5.39. The van der Waals surface area contributed by atoms with E-state index < -0.39 is 0 Å². The van der Waals surface area contributed by atoms with Crippen LogP contribution in [0.15, 0.2) is 12.1 Å². The van der Waals surface area contributed by atoms with Gasteiger partial charge in [-0.25, -0.2) is 4.68 Å². The summed E-state index contributed by atoms with van der Waals surface area (Å²) in [5, 5.41) is 8.03. The van der Waals surface area contributed by atoms with Gasteiger partial charge in [-0.1, -0.05) is 11.6 Å². The molecular weight excluding hydrogens is 242 g/mol. The highest BCUT2D eigenvalue weighted by Crippen LogP contribution is 2.37. The minimum Gasteiger partial charge on any atom is -0.370 e. The van der Waals surface area contributed by atoms with Crippen LogP contribution < -0.4 is 5.32 Å². The quantitative estimate of drug-likeness (QED) is 0.890. The first kappa shape index (κ1) is 10.2. The first-order chi connectivity index (χ1) is 7.79. The fourth-order valence-electron chi connectivity index (χ4n) is 2.11. The lowest BCUT2D eigenvalue weighted by Crippen LogP contribution is -2.04. The van der Waals surface area contributed by atoms with Crippen molar-refractivity contribution >= 4 is 28.8 Å². The van der Waals surface area contributed by atoms with Crippen molar-refractivity contribution in [2.45, 2.75) is 19.9 Å². The smallest absolute Gasteiger partial charge is 0.128 e. The zero-order valence-electron chi connectivity index (χ0n) is 8.96. The Kier molecular flexibility index (Phi) is 2.41. The topological polar surface area (TPSA) is 29.9 Å². The molecule has 84 valence electrons. The van der Waals surface area contributed by atoms with Gasteiger partial charge in [0, 0.05) is 18.7 Å². The van der Waals surface area contributed by atoms with Gasteiger partial charge >= 0.3 is 0 Å². The molecule has 3 nitrogen and oxygen atoms in total. The molecule has 0 atom stereocenters. The lowest BCUT2D eigenvalue weighted by atomic mass is 10.2. The molecule has 1 aliphatic heterocycles. The molecule has 1 aliphatic rings. The van der Waals surface area contributed by atoms with Crippen molar-refractivity contribution in [1.29, 1.82) is 0 Å². The molecular formula is C11H12ClN3S. The fraction of sp³-hybridized carbons (Fsp3) is 0.364. The number of hydrogen-bond acceptors (Lipinski definition) is 3. The molecule has 0 bridgehead atoms. The number of fused-ring (bicyclic) bond motifs is 1. The van der Waals surface area contributed by atoms with E-state index in [4.69, 9.17) is 11.6 Å². The summed E-state index contributed by atoms with van der Waals surface area (Å²) in [6.45, 7) is 4.02. The Morgan fingerprint density at radius 2 is 2.44 bits per heavy atom. The zero-order chi connectivity index (χ0) is 11.1. The molecule has 2 aromatic rings. The maximum atomic E-state index is 5.97. The highest BCUT2D eigenvalue weighted by Gasteiger charge is 2.23. The van der Waals surface area contributed by atoms with Crippen molar-refractivity contribution in [3.63, 3.8) is 0 Å². The lowest BCUT2D eigenvalue weighted by Gasteiger charge is -2.00. The van der Waals surface area contributed by atoms with Gasteiger partial charge in [-0.2, -0.15) is 5.10 Å². The second kappa shape index (κ2) is 3.79. The minimum absolute atomic E-state index is 0.820. The van der Waals surface area contributed by atoms with E-state index in [0.29, 0.717) is 0 Å². The largest absolute Gasteiger partial charge is 0.370 e. The van der Waals surface area contributed by atoms with Crippen LogP contribution in [0.3, 0.4) is 0 Å². The number of rotatable bonds is 2. The van der Waals surface area contributed by atoms with E-state index in [2.05, 4.69) is 17.3 Å². The molecule has 3 heterocycles. The summed E-state index contributed by atoms with van der Waals surface area (Å²) in [5.74, 6) is 1.18. The Labute approximate surface area is 103 Å². The molecule has 3 rings (SSSR count). The van der Waals surface area contributed by atoms with Crippen molar-refractivity contribution < 1.29 is 0 Å². The van der Waals surface area contributed by atoms with E-state index in [1.54, 1.807) is 11.3 Å². The van der Waals surface area contributed by atoms with Gasteiger partial charge < -0.3 is 5.32 Å². The van der Waals surface area contributed by atoms with Gasteiger partial charge in [-0.05, 0) is 25.5 Å². The van der Waals surface area contributed by atoms with Gasteiger partial charge in [0.2, 0.25) is 0 Å². The molecule has 0 spiro atoms. The van der Waals surface area contributed by atoms with Gasteiger partial charge in [0.25, 0.3) is 0 Å². The van der Waals surface area contributed by atoms with Crippen LogP contribution in [0.2, 0.25) is 4.34 Å². The summed E-state index contributed by atoms with van der Waals surface area (Å²) in [7, 11) is 0. The predicted molar refractivity (Wildman–Crippen MR) is 68.4 cm³/mol. The van der Waals surface area contributed by atoms with E-state index in [-0.39, 0.29) is 0 Å². The molecule has 1 N–H and O–H groups in total. The van der Waals surface area contributed by atoms with E-state index >= 15 is 0 Å². The lowest BCUT2D eigenvalue weighted by molar-refractivity contribution is 0.669. The Morgan fingerprint density at radius 1 is 1.56 bits per heavy atom. The number of anilines is 1. The van der Waals surface area contributed by atoms with E-state index in [1.165, 1.54) is 11.4 Å². The van der Waals surface area contributed by atoms with E-state index in [1.807, 2.05) is 16.8 Å². The molecule has 16 heavy (non-hydrogen) atoms. The normalized spacial score (nSPS) is 13.9. The number of nitrogens with one attached hydrogen (secondary N) is 1. The van der Waals surface area contributed by atoms with Gasteiger partial charge in [-0.3, -0.25) is 0 Å². The molecule has 2 aromatic heterocycles. The van der Waals surface area contributed by atoms with Crippen LogP contribution in [0.4, 0.5) is 5.82 Å². The van der Waals surface area contributed by atoms with Crippen molar-refractivity contribution in [3.05, 3.63) is 22.0 Å². The second-order valence-corrected chi connectivity index (χ2v) is 5.49. The maximum absolute atomic E-state index is 5.97. The number of aromatic nitrogens is 2. The zero-order valence-corrected chi connectivity index (χ0v) is 10.5. The fourth-order valence-corrected chi connectivity index (χ4v) is 3.16. The molecule has 0 saturated carbocycles. The SMILES string of the molecule is CCn1nc(-c2ccc(Cl)s2)c2c1NCC2. The van der Waals surface area contributed by atoms with E-state index in [0.717, 1.165) is 34.4 Å². The van der Waals surface area contributed by atoms with Crippen LogP contribution in [-0.2, 0) is 13.0 Å². The molecule has 0 unspecified atom stereocenters. The van der Waals surface area contributed by atoms with Crippen LogP contribution in [0, 0.1) is 0 Å². The highest BCUT2D eigenvalue weighted by atomic mass is 35.5. The number of hydrogen-bond donors (Lipinski definition) is 1. The third kappa shape index (κ3) is 1.44. The maximum Gasteiger partial charge on any atom is 0.128 e. The number of nitrogens with zero attached hydrogens (tertiary/aromatic N) is 2. The summed E-state index contributed by atoms with van der Waals surface area (Å²) < 4.78 is 2.85. The highest BCUT2D eigenvalue weighted by molar-refractivity contribution is 7.19. The molecule has 0 aliphatic carbocycles. The van der Waals surface area contributed by atoms with Crippen LogP contribution in [0.25, 0.3) is 10.6 Å². The van der Waals surface area contributed by atoms with Gasteiger partial charge in [-0.15, -0.1) is 11.3 Å². The number of thiophene rings is 1. The van der Waals surface area contributed by atoms with Gasteiger partial charge in [0.05, 0.1) is 9.21 Å². The molecule has 5 heteroatoms. The third-order valence-corrected chi connectivity index (χ3v) is 4.06. The summed E-state index contributed by atoms with van der Waals surface area (Å²) in [5.41, 5.74) is 2.43. The Balaban J connectivity index is 2.14. The molecule has 0 fully saturated rings. The Morgan fingerprint density at radius 3 is 3.12 bits per heavy atom. The molecule has 0 saturated heterocycles. The summed E-state index contributed by atoms with van der Waals surface area (Å²) >= 11 is 7.56. The standard InChI is InChI=1S/C11H12ClN3S/c1-2-15-11-7(5-6-13-11)10(14-15)8-3-4-9(12)16-8/h3-4,13H,2,5-6H2,1H3. The monoisotopic (exact) mass is 253 g/mol. The Bertz CT molecular complexity index is 529. The van der Waals surface area contributed by atoms with Crippen molar-refractivity contribution in [1.82, 2.24) is 9.78 Å². The van der Waals surface area contributed by atoms with Crippen molar-refractivity contribution in [2.24, 2.45) is 0 Å². The first-order valence-corrected chi connectivity index (χ1v) is 6.58. The van der Waals surface area contributed by atoms with Crippen LogP contribution in [0.5, 0.6) is 0 Å². The molecule has 0 radical (unpaired) electrons. The summed E-state index contributed by atoms with van der Waals surface area (Å²) in [4.78, 5) is 1.16. The van der Waals surface area contributed by atoms with Gasteiger partial charge in [0.1, 0.15) is 11.5 Å². The van der Waals surface area contributed by atoms with Crippen molar-refractivity contribution in [2.75, 3.05) is 11.9 Å². The van der Waals surface area contributed by atoms with Crippen LogP contribution in [-0.4, -0.2) is 16.3 Å². The average molecular weight is 254 g/mol. The molecule has 0 amide bonds. The summed E-state index contributed by atoms with van der Waals surface area (Å²) in [6, 6.07) is 3.98. The predicted octanol–water partition coefficient (Wildman–Crippen LogP) is 3.25. The number of aryl methyl sites for hydroxylation is 1. The summed E-state index contributed by atoms with van der Waals surface area (Å²) in [6.07, 6.45) is 1.06. The second-order valence-electron chi connectivity index (χ2n) is 3.77. The third-order valence-electron chi connectivity index (χ3n) is 2.82. The Hall–Kier alpha value is -1.00. The minimum atomic E-state index is 0.820. The average Bonchev–Trinajstić information content (AvgIpc) is 2.92. The number of halogens is 1. The van der Waals surface area contributed by atoms with Gasteiger partial charge in [0.15, 0.2) is 0 Å². The van der Waals surface area contributed by atoms with Crippen LogP contribution in [0.1, 0.15) is 12.5 Å². The van der Waals surface area contributed by atoms with Crippen molar-refractivity contribution in [3.8, 4) is 10.6 Å². The molecule has 0 aromatic carbocycles. The van der Waals surface area contributed by atoms with Crippen LogP contribution >= 0.6 is 22.9 Å².